The van der Waals surface area contributed by atoms with Crippen molar-refractivity contribution in [3.05, 3.63) is 59.1 Å². The third-order valence-electron chi connectivity index (χ3n) is 5.16. The second-order valence-electron chi connectivity index (χ2n) is 7.31. The zero-order valence-electron chi connectivity index (χ0n) is 17.7. The van der Waals surface area contributed by atoms with Crippen LogP contribution in [0.5, 0.6) is 5.75 Å². The van der Waals surface area contributed by atoms with Crippen LogP contribution in [-0.2, 0) is 14.8 Å². The summed E-state index contributed by atoms with van der Waals surface area (Å²) in [7, 11) is -2.34. The molecule has 0 atom stereocenters. The zero-order valence-corrected chi connectivity index (χ0v) is 19.3. The van der Waals surface area contributed by atoms with Crippen LogP contribution in [0.1, 0.15) is 5.56 Å². The van der Waals surface area contributed by atoms with Gasteiger partial charge in [-0.25, -0.2) is 8.42 Å². The van der Waals surface area contributed by atoms with Gasteiger partial charge in [0, 0.05) is 24.3 Å². The summed E-state index contributed by atoms with van der Waals surface area (Å²) in [5, 5.41) is 8.86. The molecule has 0 radical (unpaired) electrons. The van der Waals surface area contributed by atoms with Gasteiger partial charge in [0.1, 0.15) is 5.75 Å². The molecule has 0 spiro atoms. The van der Waals surface area contributed by atoms with Crippen molar-refractivity contribution in [1.82, 2.24) is 10.2 Å². The average molecular weight is 475 g/mol. The van der Waals surface area contributed by atoms with E-state index >= 15 is 0 Å². The molecule has 32 heavy (non-hydrogen) atoms. The molecule has 1 aliphatic heterocycles. The topological polar surface area (TPSA) is 93.7 Å². The molecular weight excluding hydrogens is 452 g/mol. The molecule has 0 aliphatic carbocycles. The lowest BCUT2D eigenvalue weighted by atomic mass is 10.1. The fourth-order valence-corrected chi connectivity index (χ4v) is 5.06. The van der Waals surface area contributed by atoms with Crippen molar-refractivity contribution in [3.8, 4) is 17.0 Å². The van der Waals surface area contributed by atoms with E-state index in [0.29, 0.717) is 35.9 Å². The highest BCUT2D eigenvalue weighted by atomic mass is 35.5. The lowest BCUT2D eigenvalue weighted by Crippen LogP contribution is -2.36. The first-order valence-corrected chi connectivity index (χ1v) is 11.9. The molecule has 8 nitrogen and oxygen atoms in total. The van der Waals surface area contributed by atoms with Crippen molar-refractivity contribution >= 4 is 33.1 Å². The average Bonchev–Trinajstić information content (AvgIpc) is 2.81. The lowest BCUT2D eigenvalue weighted by Gasteiger charge is -2.27. The fraction of sp³-hybridized carbons (Fsp3) is 0.273. The zero-order chi connectivity index (χ0) is 22.7. The highest BCUT2D eigenvalue weighted by Gasteiger charge is 2.20. The minimum atomic E-state index is -3.82. The number of benzene rings is 2. The number of ether oxygens (including phenoxy) is 2. The summed E-state index contributed by atoms with van der Waals surface area (Å²) in [6.07, 6.45) is 0. The Balaban J connectivity index is 1.49. The maximum Gasteiger partial charge on any atom is 0.262 e. The molecule has 2 aromatic carbocycles. The highest BCUT2D eigenvalue weighted by Crippen LogP contribution is 2.31. The fourth-order valence-electron chi connectivity index (χ4n) is 3.44. The third-order valence-corrected chi connectivity index (χ3v) is 6.98. The summed E-state index contributed by atoms with van der Waals surface area (Å²) in [5.41, 5.74) is 2.50. The summed E-state index contributed by atoms with van der Waals surface area (Å²) in [4.78, 5) is 2.22. The summed E-state index contributed by atoms with van der Waals surface area (Å²) < 4.78 is 38.8. The Morgan fingerprint density at radius 1 is 1.06 bits per heavy atom. The van der Waals surface area contributed by atoms with Crippen molar-refractivity contribution in [1.29, 1.82) is 0 Å². The van der Waals surface area contributed by atoms with Crippen molar-refractivity contribution in [2.75, 3.05) is 43.0 Å². The van der Waals surface area contributed by atoms with Gasteiger partial charge in [-0.2, -0.15) is 0 Å². The van der Waals surface area contributed by atoms with Gasteiger partial charge in [0.25, 0.3) is 10.0 Å². The number of aryl methyl sites for hydroxylation is 1. The Labute approximate surface area is 192 Å². The quantitative estimate of drug-likeness (QED) is 0.581. The Morgan fingerprint density at radius 3 is 2.41 bits per heavy atom. The van der Waals surface area contributed by atoms with E-state index in [2.05, 4.69) is 19.8 Å². The van der Waals surface area contributed by atoms with Gasteiger partial charge in [-0.1, -0.05) is 23.7 Å². The molecule has 1 aromatic heterocycles. The minimum Gasteiger partial charge on any atom is -0.495 e. The van der Waals surface area contributed by atoms with Gasteiger partial charge in [-0.15, -0.1) is 10.2 Å². The van der Waals surface area contributed by atoms with Gasteiger partial charge in [-0.3, -0.25) is 4.72 Å². The van der Waals surface area contributed by atoms with E-state index in [1.54, 1.807) is 37.3 Å². The molecule has 0 amide bonds. The van der Waals surface area contributed by atoms with E-state index in [-0.39, 0.29) is 9.92 Å². The number of morpholine rings is 1. The molecule has 3 aromatic rings. The number of sulfonamides is 1. The van der Waals surface area contributed by atoms with Crippen LogP contribution in [0, 0.1) is 6.92 Å². The van der Waals surface area contributed by atoms with Gasteiger partial charge in [0.05, 0.1) is 35.9 Å². The Morgan fingerprint density at radius 2 is 1.78 bits per heavy atom. The standard InChI is InChI=1S/C22H23ClN4O4S/c1-15-13-20(30-2)18(23)14-21(15)32(28,29)26-17-5-3-16(4-6-17)19-7-8-22(25-24-19)27-9-11-31-12-10-27/h3-8,13-14,26H,9-12H2,1-2H3. The van der Waals surface area contributed by atoms with E-state index in [1.807, 2.05) is 12.1 Å². The molecule has 1 aliphatic rings. The molecule has 0 bridgehead atoms. The van der Waals surface area contributed by atoms with Crippen LogP contribution in [0.15, 0.2) is 53.4 Å². The van der Waals surface area contributed by atoms with E-state index in [0.717, 1.165) is 24.5 Å². The van der Waals surface area contributed by atoms with Crippen LogP contribution < -0.4 is 14.4 Å². The Kier molecular flexibility index (Phi) is 6.50. The molecule has 10 heteroatoms. The third kappa shape index (κ3) is 4.79. The smallest absolute Gasteiger partial charge is 0.262 e. The second kappa shape index (κ2) is 9.32. The molecule has 1 saturated heterocycles. The number of nitrogens with one attached hydrogen (secondary N) is 1. The van der Waals surface area contributed by atoms with Crippen LogP contribution in [0.2, 0.25) is 5.02 Å². The summed E-state index contributed by atoms with van der Waals surface area (Å²) >= 11 is 6.12. The van der Waals surface area contributed by atoms with E-state index < -0.39 is 10.0 Å². The van der Waals surface area contributed by atoms with Crippen molar-refractivity contribution in [3.63, 3.8) is 0 Å². The largest absolute Gasteiger partial charge is 0.495 e. The molecule has 1 N–H and O–H groups in total. The monoisotopic (exact) mass is 474 g/mol. The molecule has 1 fully saturated rings. The van der Waals surface area contributed by atoms with Gasteiger partial charge >= 0.3 is 0 Å². The van der Waals surface area contributed by atoms with Gasteiger partial charge in [0.15, 0.2) is 5.82 Å². The molecule has 0 unspecified atom stereocenters. The number of hydrogen-bond acceptors (Lipinski definition) is 7. The van der Waals surface area contributed by atoms with Crippen molar-refractivity contribution in [2.24, 2.45) is 0 Å². The SMILES string of the molecule is COc1cc(C)c(S(=O)(=O)Nc2ccc(-c3ccc(N4CCOCC4)nn3)cc2)cc1Cl. The van der Waals surface area contributed by atoms with Crippen LogP contribution in [0.4, 0.5) is 11.5 Å². The second-order valence-corrected chi connectivity index (χ2v) is 9.37. The molecule has 2 heterocycles. The number of aromatic nitrogens is 2. The van der Waals surface area contributed by atoms with Crippen LogP contribution in [-0.4, -0.2) is 52.0 Å². The Bertz CT molecular complexity index is 1200. The number of methoxy groups -OCH3 is 1. The highest BCUT2D eigenvalue weighted by molar-refractivity contribution is 7.92. The molecule has 168 valence electrons. The minimum absolute atomic E-state index is 0.0944. The molecule has 4 rings (SSSR count). The number of rotatable bonds is 6. The maximum atomic E-state index is 12.9. The summed E-state index contributed by atoms with van der Waals surface area (Å²) in [5.74, 6) is 1.24. The Hall–Kier alpha value is -2.88. The van der Waals surface area contributed by atoms with Gasteiger partial charge in [0.2, 0.25) is 0 Å². The predicted molar refractivity (Wildman–Crippen MR) is 124 cm³/mol. The van der Waals surface area contributed by atoms with E-state index in [9.17, 15) is 8.42 Å². The van der Waals surface area contributed by atoms with Crippen molar-refractivity contribution < 1.29 is 17.9 Å². The first-order valence-electron chi connectivity index (χ1n) is 10.0. The summed E-state index contributed by atoms with van der Waals surface area (Å²) in [6.45, 7) is 4.64. The van der Waals surface area contributed by atoms with E-state index in [4.69, 9.17) is 21.1 Å². The van der Waals surface area contributed by atoms with Crippen LogP contribution >= 0.6 is 11.6 Å². The first kappa shape index (κ1) is 22.3. The normalized spacial score (nSPS) is 14.3. The van der Waals surface area contributed by atoms with Gasteiger partial charge in [-0.05, 0) is 48.9 Å². The first-order chi connectivity index (χ1) is 15.4. The van der Waals surface area contributed by atoms with Crippen molar-refractivity contribution in [2.45, 2.75) is 11.8 Å². The maximum absolute atomic E-state index is 12.9. The van der Waals surface area contributed by atoms with E-state index in [1.165, 1.54) is 13.2 Å². The van der Waals surface area contributed by atoms with Crippen LogP contribution in [0.3, 0.4) is 0 Å². The molecule has 0 saturated carbocycles. The number of hydrogen-bond donors (Lipinski definition) is 1. The number of anilines is 2. The summed E-state index contributed by atoms with van der Waals surface area (Å²) in [6, 6.07) is 13.8. The number of nitrogens with zero attached hydrogens (tertiary/aromatic N) is 3. The number of halogens is 1. The molecular formula is C22H23ClN4O4S. The van der Waals surface area contributed by atoms with Gasteiger partial charge < -0.3 is 14.4 Å². The predicted octanol–water partition coefficient (Wildman–Crippen LogP) is 3.75. The van der Waals surface area contributed by atoms with Crippen LogP contribution in [0.25, 0.3) is 11.3 Å². The lowest BCUT2D eigenvalue weighted by molar-refractivity contribution is 0.122.